The van der Waals surface area contributed by atoms with Gasteiger partial charge in [0, 0.05) is 13.0 Å². The lowest BCUT2D eigenvalue weighted by Gasteiger charge is -2.13. The largest absolute Gasteiger partial charge is 0.378 e. The summed E-state index contributed by atoms with van der Waals surface area (Å²) in [6, 6.07) is 8.43. The summed E-state index contributed by atoms with van der Waals surface area (Å²) in [6.07, 6.45) is 1.53. The van der Waals surface area contributed by atoms with Gasteiger partial charge in [-0.25, -0.2) is 8.42 Å². The number of benzene rings is 1. The van der Waals surface area contributed by atoms with E-state index in [9.17, 15) is 13.2 Å². The van der Waals surface area contributed by atoms with E-state index < -0.39 is 9.84 Å². The van der Waals surface area contributed by atoms with Gasteiger partial charge in [-0.3, -0.25) is 0 Å². The molecule has 4 nitrogen and oxygen atoms in total. The predicted octanol–water partition coefficient (Wildman–Crippen LogP) is 2.62. The predicted molar refractivity (Wildman–Crippen MR) is 78.4 cm³/mol. The molecule has 0 aliphatic heterocycles. The number of rotatable bonds is 9. The first-order valence-corrected chi connectivity index (χ1v) is 8.46. The highest BCUT2D eigenvalue weighted by Gasteiger charge is 2.15. The van der Waals surface area contributed by atoms with Gasteiger partial charge in [-0.1, -0.05) is 18.2 Å². The van der Waals surface area contributed by atoms with E-state index in [0.29, 0.717) is 30.8 Å². The Morgan fingerprint density at radius 1 is 1.25 bits per heavy atom. The molecule has 0 saturated carbocycles. The van der Waals surface area contributed by atoms with Crippen molar-refractivity contribution in [3.63, 3.8) is 0 Å². The maximum Gasteiger partial charge on any atom is 0.178 e. The molecular weight excluding hydrogens is 276 g/mol. The number of ketones is 1. The second kappa shape index (κ2) is 8.17. The summed E-state index contributed by atoms with van der Waals surface area (Å²) in [5.74, 6) is 0.221. The van der Waals surface area contributed by atoms with Crippen molar-refractivity contribution >= 4 is 15.6 Å². The zero-order valence-corrected chi connectivity index (χ0v) is 12.9. The number of hydrogen-bond acceptors (Lipinski definition) is 4. The first-order chi connectivity index (χ1) is 9.42. The highest BCUT2D eigenvalue weighted by Crippen LogP contribution is 2.13. The van der Waals surface area contributed by atoms with Crippen LogP contribution in [0, 0.1) is 0 Å². The molecule has 5 heteroatoms. The summed E-state index contributed by atoms with van der Waals surface area (Å²) in [6.45, 7) is 3.90. The molecule has 20 heavy (non-hydrogen) atoms. The third-order valence-corrected chi connectivity index (χ3v) is 4.73. The fourth-order valence-electron chi connectivity index (χ4n) is 1.76. The Balaban J connectivity index is 2.33. The van der Waals surface area contributed by atoms with Crippen LogP contribution in [-0.4, -0.2) is 32.7 Å². The van der Waals surface area contributed by atoms with E-state index in [4.69, 9.17) is 4.74 Å². The van der Waals surface area contributed by atoms with Gasteiger partial charge in [-0.15, -0.1) is 0 Å². The van der Waals surface area contributed by atoms with Crippen LogP contribution in [0.1, 0.15) is 33.1 Å². The van der Waals surface area contributed by atoms with Gasteiger partial charge in [0.2, 0.25) is 0 Å². The van der Waals surface area contributed by atoms with E-state index in [1.807, 2.05) is 6.92 Å². The second-order valence-corrected chi connectivity index (χ2v) is 7.02. The molecular formula is C15H22O4S. The molecule has 1 rings (SSSR count). The van der Waals surface area contributed by atoms with Crippen molar-refractivity contribution in [3.8, 4) is 0 Å². The van der Waals surface area contributed by atoms with Crippen molar-refractivity contribution in [1.82, 2.24) is 0 Å². The minimum atomic E-state index is -3.23. The van der Waals surface area contributed by atoms with Crippen molar-refractivity contribution in [3.05, 3.63) is 30.3 Å². The number of carbonyl (C=O) groups excluding carboxylic acids is 1. The fourth-order valence-corrected chi connectivity index (χ4v) is 3.21. The van der Waals surface area contributed by atoms with Crippen LogP contribution in [0.15, 0.2) is 35.2 Å². The highest BCUT2D eigenvalue weighted by molar-refractivity contribution is 7.91. The third kappa shape index (κ3) is 6.30. The number of sulfone groups is 1. The summed E-state index contributed by atoms with van der Waals surface area (Å²) in [4.78, 5) is 11.1. The Kier molecular flexibility index (Phi) is 6.88. The van der Waals surface area contributed by atoms with Crippen molar-refractivity contribution in [2.24, 2.45) is 0 Å². The summed E-state index contributed by atoms with van der Waals surface area (Å²) < 4.78 is 29.6. The van der Waals surface area contributed by atoms with Crippen LogP contribution >= 0.6 is 0 Å². The first kappa shape index (κ1) is 16.9. The lowest BCUT2D eigenvalue weighted by atomic mass is 10.2. The molecule has 0 spiro atoms. The molecule has 0 N–H and O–H groups in total. The van der Waals surface area contributed by atoms with Gasteiger partial charge in [0.05, 0.1) is 16.8 Å². The van der Waals surface area contributed by atoms with E-state index in [2.05, 4.69) is 0 Å². The van der Waals surface area contributed by atoms with Crippen molar-refractivity contribution < 1.29 is 17.9 Å². The smallest absolute Gasteiger partial charge is 0.178 e. The topological polar surface area (TPSA) is 60.4 Å². The maximum atomic E-state index is 12.1. The molecule has 0 bridgehead atoms. The van der Waals surface area contributed by atoms with Crippen molar-refractivity contribution in [2.75, 3.05) is 12.4 Å². The first-order valence-electron chi connectivity index (χ1n) is 6.80. The maximum absolute atomic E-state index is 12.1. The van der Waals surface area contributed by atoms with Crippen LogP contribution in [0.5, 0.6) is 0 Å². The summed E-state index contributed by atoms with van der Waals surface area (Å²) in [5, 5.41) is 0. The van der Waals surface area contributed by atoms with Gasteiger partial charge >= 0.3 is 0 Å². The highest BCUT2D eigenvalue weighted by atomic mass is 32.2. The number of carbonyl (C=O) groups is 1. The standard InChI is InChI=1S/C15H22O4S/c1-13(16)7-6-11-19-14(2)10-12-20(17,18)15-8-4-3-5-9-15/h3-5,8-9,14H,6-7,10-12H2,1-2H3. The van der Waals surface area contributed by atoms with E-state index >= 15 is 0 Å². The van der Waals surface area contributed by atoms with E-state index in [1.165, 1.54) is 0 Å². The normalized spacial score (nSPS) is 13.1. The molecule has 1 aromatic carbocycles. The van der Waals surface area contributed by atoms with E-state index in [-0.39, 0.29) is 17.6 Å². The summed E-state index contributed by atoms with van der Waals surface area (Å²) >= 11 is 0. The lowest BCUT2D eigenvalue weighted by Crippen LogP contribution is -2.16. The number of hydrogen-bond donors (Lipinski definition) is 0. The van der Waals surface area contributed by atoms with Crippen LogP contribution < -0.4 is 0 Å². The monoisotopic (exact) mass is 298 g/mol. The fraction of sp³-hybridized carbons (Fsp3) is 0.533. The second-order valence-electron chi connectivity index (χ2n) is 4.91. The molecule has 0 heterocycles. The minimum absolute atomic E-state index is 0.0743. The SMILES string of the molecule is CC(=O)CCCOC(C)CCS(=O)(=O)c1ccccc1. The Labute approximate surface area is 121 Å². The summed E-state index contributed by atoms with van der Waals surface area (Å²) in [7, 11) is -3.23. The molecule has 0 radical (unpaired) electrons. The molecule has 0 aromatic heterocycles. The molecule has 0 aliphatic carbocycles. The van der Waals surface area contributed by atoms with Crippen LogP contribution in [0.2, 0.25) is 0 Å². The van der Waals surface area contributed by atoms with Crippen LogP contribution in [0.4, 0.5) is 0 Å². The summed E-state index contributed by atoms with van der Waals surface area (Å²) in [5.41, 5.74) is 0. The Morgan fingerprint density at radius 3 is 2.50 bits per heavy atom. The number of Topliss-reactive ketones (excluding diaryl/α,β-unsaturated/α-hetero) is 1. The molecule has 0 amide bonds. The lowest BCUT2D eigenvalue weighted by molar-refractivity contribution is -0.117. The molecule has 0 saturated heterocycles. The molecule has 0 aliphatic rings. The molecule has 0 fully saturated rings. The number of ether oxygens (including phenoxy) is 1. The quantitative estimate of drug-likeness (QED) is 0.658. The van der Waals surface area contributed by atoms with Gasteiger partial charge in [0.1, 0.15) is 5.78 Å². The van der Waals surface area contributed by atoms with Gasteiger partial charge < -0.3 is 9.53 Å². The average Bonchev–Trinajstić information content (AvgIpc) is 2.42. The Morgan fingerprint density at radius 2 is 1.90 bits per heavy atom. The van der Waals surface area contributed by atoms with Crippen LogP contribution in [0.25, 0.3) is 0 Å². The van der Waals surface area contributed by atoms with Crippen LogP contribution in [-0.2, 0) is 19.4 Å². The van der Waals surface area contributed by atoms with Crippen molar-refractivity contribution in [1.29, 1.82) is 0 Å². The Hall–Kier alpha value is -1.20. The Bertz CT molecular complexity index is 508. The molecule has 1 atom stereocenters. The van der Waals surface area contributed by atoms with E-state index in [0.717, 1.165) is 0 Å². The van der Waals surface area contributed by atoms with Crippen molar-refractivity contribution in [2.45, 2.75) is 44.1 Å². The van der Waals surface area contributed by atoms with Gasteiger partial charge in [-0.05, 0) is 38.8 Å². The molecule has 1 unspecified atom stereocenters. The average molecular weight is 298 g/mol. The molecule has 1 aromatic rings. The van der Waals surface area contributed by atoms with Crippen LogP contribution in [0.3, 0.4) is 0 Å². The van der Waals surface area contributed by atoms with Gasteiger partial charge in [-0.2, -0.15) is 0 Å². The zero-order valence-electron chi connectivity index (χ0n) is 12.0. The van der Waals surface area contributed by atoms with Gasteiger partial charge in [0.15, 0.2) is 9.84 Å². The third-order valence-electron chi connectivity index (χ3n) is 2.97. The van der Waals surface area contributed by atoms with E-state index in [1.54, 1.807) is 37.3 Å². The minimum Gasteiger partial charge on any atom is -0.378 e. The molecule has 112 valence electrons. The zero-order chi connectivity index (χ0) is 15.0. The van der Waals surface area contributed by atoms with Gasteiger partial charge in [0.25, 0.3) is 0 Å².